The quantitative estimate of drug-likeness (QED) is 0.255. The lowest BCUT2D eigenvalue weighted by Gasteiger charge is -2.47. The monoisotopic (exact) mass is 456 g/mol. The number of H-pyrrole nitrogens is 1. The van der Waals surface area contributed by atoms with E-state index in [1.54, 1.807) is 0 Å². The molecule has 2 heteroatoms. The van der Waals surface area contributed by atoms with Gasteiger partial charge in [0, 0.05) is 27.1 Å². The van der Waals surface area contributed by atoms with Gasteiger partial charge in [0.1, 0.15) is 0 Å². The van der Waals surface area contributed by atoms with Crippen molar-refractivity contribution in [2.75, 3.05) is 0 Å². The molecule has 2 aromatic heterocycles. The number of nitrogens with zero attached hydrogens (tertiary/aromatic N) is 1. The SMILES string of the molecule is CC1CC(C)(C)c2c(-n3c4ccccc4c4ccc5c6ccccc6[nH]c5c43)cccc2C1(C)C. The lowest BCUT2D eigenvalue weighted by molar-refractivity contribution is 0.233. The highest BCUT2D eigenvalue weighted by Crippen LogP contribution is 2.52. The standard InChI is InChI=1S/C33H32N2/c1-20-19-32(2,3)29-25(33(20,4)5)13-10-16-28(29)35-27-15-9-7-12-22(27)24-18-17-23-21-11-6-8-14-26(21)34-30(23)31(24)35/h6-18,20,34H,19H2,1-5H3. The average Bonchev–Trinajstić information content (AvgIpc) is 3.38. The van der Waals surface area contributed by atoms with E-state index >= 15 is 0 Å². The molecule has 0 fully saturated rings. The Morgan fingerprint density at radius 1 is 0.743 bits per heavy atom. The Balaban J connectivity index is 1.70. The predicted molar refractivity (Wildman–Crippen MR) is 150 cm³/mol. The van der Waals surface area contributed by atoms with Crippen LogP contribution in [-0.2, 0) is 10.8 Å². The summed E-state index contributed by atoms with van der Waals surface area (Å²) in [7, 11) is 0. The molecule has 0 saturated carbocycles. The second kappa shape index (κ2) is 6.79. The summed E-state index contributed by atoms with van der Waals surface area (Å²) >= 11 is 0. The molecule has 1 atom stereocenters. The second-order valence-corrected chi connectivity index (χ2v) is 11.8. The van der Waals surface area contributed by atoms with Gasteiger partial charge in [-0.2, -0.15) is 0 Å². The predicted octanol–water partition coefficient (Wildman–Crippen LogP) is 9.01. The lowest BCUT2D eigenvalue weighted by atomic mass is 9.58. The molecule has 1 N–H and O–H groups in total. The van der Waals surface area contributed by atoms with Crippen LogP contribution in [0.2, 0.25) is 0 Å². The molecule has 0 spiro atoms. The minimum Gasteiger partial charge on any atom is -0.353 e. The molecule has 7 rings (SSSR count). The van der Waals surface area contributed by atoms with E-state index in [0.29, 0.717) is 5.92 Å². The summed E-state index contributed by atoms with van der Waals surface area (Å²) in [6, 6.07) is 29.2. The topological polar surface area (TPSA) is 20.7 Å². The van der Waals surface area contributed by atoms with Gasteiger partial charge in [-0.05, 0) is 52.5 Å². The third-order valence-corrected chi connectivity index (χ3v) is 9.02. The number of hydrogen-bond donors (Lipinski definition) is 1. The fraction of sp³-hybridized carbons (Fsp3) is 0.273. The summed E-state index contributed by atoms with van der Waals surface area (Å²) in [6.45, 7) is 12.2. The van der Waals surface area contributed by atoms with Crippen LogP contribution in [0.4, 0.5) is 0 Å². The van der Waals surface area contributed by atoms with Gasteiger partial charge in [0.25, 0.3) is 0 Å². The lowest BCUT2D eigenvalue weighted by Crippen LogP contribution is -2.41. The van der Waals surface area contributed by atoms with Crippen LogP contribution in [0.1, 0.15) is 52.2 Å². The smallest absolute Gasteiger partial charge is 0.0783 e. The van der Waals surface area contributed by atoms with Crippen LogP contribution in [0.15, 0.2) is 78.9 Å². The van der Waals surface area contributed by atoms with E-state index in [0.717, 1.165) is 0 Å². The van der Waals surface area contributed by atoms with Crippen molar-refractivity contribution in [3.05, 3.63) is 90.0 Å². The zero-order valence-electron chi connectivity index (χ0n) is 21.2. The molecule has 1 aliphatic carbocycles. The van der Waals surface area contributed by atoms with Crippen molar-refractivity contribution in [2.45, 2.75) is 51.9 Å². The van der Waals surface area contributed by atoms with E-state index in [1.165, 1.54) is 66.8 Å². The van der Waals surface area contributed by atoms with E-state index in [4.69, 9.17) is 0 Å². The molecule has 2 heterocycles. The maximum Gasteiger partial charge on any atom is 0.0783 e. The highest BCUT2D eigenvalue weighted by molar-refractivity contribution is 6.22. The molecule has 0 aliphatic heterocycles. The van der Waals surface area contributed by atoms with Crippen LogP contribution in [0, 0.1) is 5.92 Å². The molecule has 0 amide bonds. The number of aromatic nitrogens is 2. The fourth-order valence-electron chi connectivity index (χ4n) is 6.98. The normalized spacial score (nSPS) is 19.1. The summed E-state index contributed by atoms with van der Waals surface area (Å²) in [5.41, 5.74) is 9.51. The molecular formula is C33H32N2. The van der Waals surface area contributed by atoms with Gasteiger partial charge in [-0.15, -0.1) is 0 Å². The van der Waals surface area contributed by atoms with Crippen molar-refractivity contribution < 1.29 is 0 Å². The highest BCUT2D eigenvalue weighted by atomic mass is 15.0. The van der Waals surface area contributed by atoms with Crippen molar-refractivity contribution in [1.29, 1.82) is 0 Å². The molecule has 35 heavy (non-hydrogen) atoms. The Morgan fingerprint density at radius 3 is 2.29 bits per heavy atom. The number of hydrogen-bond acceptors (Lipinski definition) is 0. The minimum absolute atomic E-state index is 0.0902. The summed E-state index contributed by atoms with van der Waals surface area (Å²) in [5, 5.41) is 5.18. The number of para-hydroxylation sites is 2. The van der Waals surface area contributed by atoms with Crippen molar-refractivity contribution in [1.82, 2.24) is 9.55 Å². The Hall–Kier alpha value is -3.52. The van der Waals surface area contributed by atoms with E-state index < -0.39 is 0 Å². The first-order valence-corrected chi connectivity index (χ1v) is 12.9. The molecule has 1 unspecified atom stereocenters. The summed E-state index contributed by atoms with van der Waals surface area (Å²) in [5.74, 6) is 0.624. The van der Waals surface area contributed by atoms with Crippen molar-refractivity contribution in [3.63, 3.8) is 0 Å². The Labute approximate surface area is 206 Å². The van der Waals surface area contributed by atoms with E-state index in [2.05, 4.69) is 123 Å². The number of aromatic amines is 1. The zero-order chi connectivity index (χ0) is 24.1. The van der Waals surface area contributed by atoms with Gasteiger partial charge in [-0.3, -0.25) is 0 Å². The third kappa shape index (κ3) is 2.66. The average molecular weight is 457 g/mol. The highest BCUT2D eigenvalue weighted by Gasteiger charge is 2.43. The Bertz CT molecular complexity index is 1790. The van der Waals surface area contributed by atoms with Gasteiger partial charge < -0.3 is 9.55 Å². The van der Waals surface area contributed by atoms with Gasteiger partial charge in [-0.1, -0.05) is 95.3 Å². The molecule has 0 bridgehead atoms. The first-order valence-electron chi connectivity index (χ1n) is 12.9. The molecule has 4 aromatic carbocycles. The molecule has 6 aromatic rings. The van der Waals surface area contributed by atoms with Crippen LogP contribution < -0.4 is 0 Å². The van der Waals surface area contributed by atoms with Crippen LogP contribution >= 0.6 is 0 Å². The van der Waals surface area contributed by atoms with Crippen LogP contribution in [0.25, 0.3) is 49.3 Å². The maximum atomic E-state index is 3.80. The number of benzene rings is 4. The third-order valence-electron chi connectivity index (χ3n) is 9.02. The van der Waals surface area contributed by atoms with Crippen molar-refractivity contribution in [2.24, 2.45) is 5.92 Å². The van der Waals surface area contributed by atoms with Crippen LogP contribution in [0.5, 0.6) is 0 Å². The zero-order valence-corrected chi connectivity index (χ0v) is 21.2. The largest absolute Gasteiger partial charge is 0.353 e. The second-order valence-electron chi connectivity index (χ2n) is 11.8. The molecule has 174 valence electrons. The van der Waals surface area contributed by atoms with Gasteiger partial charge in [0.15, 0.2) is 0 Å². The van der Waals surface area contributed by atoms with E-state index in [1.807, 2.05) is 0 Å². The molecular weight excluding hydrogens is 424 g/mol. The van der Waals surface area contributed by atoms with Gasteiger partial charge >= 0.3 is 0 Å². The van der Waals surface area contributed by atoms with Gasteiger partial charge in [0.05, 0.1) is 22.2 Å². The minimum atomic E-state index is 0.0902. The first-order chi connectivity index (χ1) is 16.8. The first kappa shape index (κ1) is 20.8. The Kier molecular flexibility index (Phi) is 4.04. The van der Waals surface area contributed by atoms with Crippen LogP contribution in [-0.4, -0.2) is 9.55 Å². The van der Waals surface area contributed by atoms with Crippen molar-refractivity contribution >= 4 is 43.6 Å². The van der Waals surface area contributed by atoms with Gasteiger partial charge in [-0.25, -0.2) is 0 Å². The number of nitrogens with one attached hydrogen (secondary N) is 1. The Morgan fingerprint density at radius 2 is 1.46 bits per heavy atom. The molecule has 2 nitrogen and oxygen atoms in total. The number of fused-ring (bicyclic) bond motifs is 8. The summed E-state index contributed by atoms with van der Waals surface area (Å²) < 4.78 is 2.55. The summed E-state index contributed by atoms with van der Waals surface area (Å²) in [6.07, 6.45) is 1.18. The van der Waals surface area contributed by atoms with Crippen molar-refractivity contribution in [3.8, 4) is 5.69 Å². The van der Waals surface area contributed by atoms with E-state index in [9.17, 15) is 0 Å². The maximum absolute atomic E-state index is 3.80. The summed E-state index contributed by atoms with van der Waals surface area (Å²) in [4.78, 5) is 3.80. The molecule has 0 radical (unpaired) electrons. The van der Waals surface area contributed by atoms with Gasteiger partial charge in [0.2, 0.25) is 0 Å². The van der Waals surface area contributed by atoms with E-state index in [-0.39, 0.29) is 10.8 Å². The molecule has 0 saturated heterocycles. The fourth-order valence-corrected chi connectivity index (χ4v) is 6.98. The molecule has 1 aliphatic rings. The van der Waals surface area contributed by atoms with Crippen LogP contribution in [0.3, 0.4) is 0 Å². The number of rotatable bonds is 1.